The first-order chi connectivity index (χ1) is 24.4. The highest BCUT2D eigenvalue weighted by molar-refractivity contribution is 7.92. The molecular formula is C31H22F9N3O9S. The fourth-order valence-corrected chi connectivity index (χ4v) is 5.25. The molecule has 1 aromatic heterocycles. The molecule has 3 amide bonds. The molecule has 284 valence electrons. The summed E-state index contributed by atoms with van der Waals surface area (Å²) in [4.78, 5) is 50.5. The van der Waals surface area contributed by atoms with Crippen LogP contribution in [0.3, 0.4) is 0 Å². The Morgan fingerprint density at radius 1 is 0.755 bits per heavy atom. The Labute approximate surface area is 291 Å². The number of para-hydroxylation sites is 1. The van der Waals surface area contributed by atoms with E-state index in [0.717, 1.165) is 28.0 Å². The van der Waals surface area contributed by atoms with Crippen LogP contribution >= 0.6 is 0 Å². The number of aromatic nitrogens is 1. The van der Waals surface area contributed by atoms with Crippen molar-refractivity contribution in [2.45, 2.75) is 41.8 Å². The summed E-state index contributed by atoms with van der Waals surface area (Å²) in [7, 11) is -5.60. The number of anilines is 1. The first-order valence-corrected chi connectivity index (χ1v) is 15.6. The second-order valence-electron chi connectivity index (χ2n) is 10.5. The highest BCUT2D eigenvalue weighted by atomic mass is 32.2. The van der Waals surface area contributed by atoms with Crippen LogP contribution in [0, 0.1) is 0 Å². The molecule has 0 radical (unpaired) electrons. The molecular weight excluding hydrogens is 761 g/mol. The van der Waals surface area contributed by atoms with Crippen molar-refractivity contribution < 1.29 is 82.4 Å². The summed E-state index contributed by atoms with van der Waals surface area (Å²) in [6, 6.07) is 16.9. The third kappa shape index (κ3) is 10.1. The van der Waals surface area contributed by atoms with Crippen molar-refractivity contribution in [2.24, 2.45) is 0 Å². The van der Waals surface area contributed by atoms with E-state index < -0.39 is 62.5 Å². The predicted molar refractivity (Wildman–Crippen MR) is 163 cm³/mol. The highest BCUT2D eigenvalue weighted by Gasteiger charge is 2.48. The number of pyridine rings is 1. The van der Waals surface area contributed by atoms with Gasteiger partial charge in [-0.15, -0.1) is 0 Å². The molecule has 2 heterocycles. The monoisotopic (exact) mass is 783 g/mol. The lowest BCUT2D eigenvalue weighted by Crippen LogP contribution is -2.36. The van der Waals surface area contributed by atoms with Gasteiger partial charge in [-0.05, 0) is 59.7 Å². The van der Waals surface area contributed by atoms with Gasteiger partial charge in [0.15, 0.2) is 0 Å². The molecule has 12 nitrogen and oxygen atoms in total. The van der Waals surface area contributed by atoms with Crippen LogP contribution in [0.1, 0.15) is 11.1 Å². The molecule has 0 bridgehead atoms. The van der Waals surface area contributed by atoms with E-state index in [9.17, 15) is 62.6 Å². The van der Waals surface area contributed by atoms with Gasteiger partial charge < -0.3 is 20.2 Å². The van der Waals surface area contributed by atoms with Crippen LogP contribution in [-0.2, 0) is 37.2 Å². The van der Waals surface area contributed by atoms with Crippen LogP contribution in [0.2, 0.25) is 0 Å². The molecule has 0 aliphatic carbocycles. The average molecular weight is 784 g/mol. The lowest BCUT2D eigenvalue weighted by atomic mass is 10.0. The van der Waals surface area contributed by atoms with Gasteiger partial charge in [-0.3, -0.25) is 9.78 Å². The van der Waals surface area contributed by atoms with E-state index in [1.807, 2.05) is 24.3 Å². The maximum atomic E-state index is 13.6. The van der Waals surface area contributed by atoms with Crippen molar-refractivity contribution in [2.75, 3.05) is 4.90 Å². The normalized spacial score (nSPS) is 15.0. The summed E-state index contributed by atoms with van der Waals surface area (Å²) in [5.41, 5.74) is -3.47. The van der Waals surface area contributed by atoms with Crippen LogP contribution < -0.4 is 4.90 Å². The molecule has 3 N–H and O–H groups in total. The first-order valence-electron chi connectivity index (χ1n) is 14.1. The Bertz CT molecular complexity index is 2060. The number of carbonyl (C=O) groups excluding carboxylic acids is 2. The van der Waals surface area contributed by atoms with Gasteiger partial charge in [0, 0.05) is 24.5 Å². The number of aromatic hydroxyl groups is 1. The number of hydrogen-bond acceptors (Lipinski definition) is 8. The number of fused-ring (bicyclic) bond motifs is 1. The molecule has 1 aliphatic heterocycles. The standard InChI is InChI=1S/C27H20F3N3O5S.2C2HF3O2/c28-27(29,30)39(37,38)21-11-7-19(8-12-21)33-25(35)24(15-17-5-9-20(34)10-6-17)32(26(33)36)16-18-13-14-31-23-4-2-1-3-22(18)23;2*3-2(4,5)1(6)7/h1-14,24,34H,15-16H2;2*(H,6,7)/t24-;;/m1../s1. The third-order valence-electron chi connectivity index (χ3n) is 6.96. The summed E-state index contributed by atoms with van der Waals surface area (Å²) >= 11 is 0. The fraction of sp³-hybridized carbons (Fsp3) is 0.194. The summed E-state index contributed by atoms with van der Waals surface area (Å²) in [6.07, 6.45) is -8.47. The van der Waals surface area contributed by atoms with Crippen LogP contribution in [-0.4, -0.2) is 81.4 Å². The molecule has 53 heavy (non-hydrogen) atoms. The van der Waals surface area contributed by atoms with Gasteiger partial charge in [-0.1, -0.05) is 30.3 Å². The Morgan fingerprint density at radius 3 is 1.75 bits per heavy atom. The van der Waals surface area contributed by atoms with E-state index in [1.165, 1.54) is 17.0 Å². The summed E-state index contributed by atoms with van der Waals surface area (Å²) in [5, 5.41) is 24.7. The number of hydrogen-bond donors (Lipinski definition) is 3. The van der Waals surface area contributed by atoms with Gasteiger partial charge >= 0.3 is 35.8 Å². The van der Waals surface area contributed by atoms with Gasteiger partial charge in [-0.2, -0.15) is 39.5 Å². The van der Waals surface area contributed by atoms with E-state index in [0.29, 0.717) is 23.2 Å². The molecule has 1 saturated heterocycles. The van der Waals surface area contributed by atoms with E-state index >= 15 is 0 Å². The smallest absolute Gasteiger partial charge is 0.501 e. The van der Waals surface area contributed by atoms with Gasteiger partial charge in [0.05, 0.1) is 16.1 Å². The van der Waals surface area contributed by atoms with E-state index in [2.05, 4.69) is 4.98 Å². The Kier molecular flexibility index (Phi) is 12.3. The summed E-state index contributed by atoms with van der Waals surface area (Å²) in [5.74, 6) is -6.11. The number of sulfone groups is 1. The molecule has 0 saturated carbocycles. The largest absolute Gasteiger partial charge is 0.508 e. The van der Waals surface area contributed by atoms with Crippen molar-refractivity contribution in [3.05, 3.63) is 96.2 Å². The minimum atomic E-state index is -5.60. The maximum absolute atomic E-state index is 13.6. The quantitative estimate of drug-likeness (QED) is 0.153. The molecule has 1 atom stereocenters. The molecule has 0 spiro atoms. The van der Waals surface area contributed by atoms with Gasteiger partial charge in [0.25, 0.3) is 15.7 Å². The number of nitrogens with zero attached hydrogens (tertiary/aromatic N) is 3. The zero-order chi connectivity index (χ0) is 40.1. The Hall–Kier alpha value is -5.93. The predicted octanol–water partition coefficient (Wildman–Crippen LogP) is 6.08. The van der Waals surface area contributed by atoms with Gasteiger partial charge in [0.2, 0.25) is 0 Å². The van der Waals surface area contributed by atoms with Crippen molar-refractivity contribution in [3.8, 4) is 5.75 Å². The number of phenols is 1. The van der Waals surface area contributed by atoms with Crippen LogP contribution in [0.4, 0.5) is 50.0 Å². The molecule has 1 aliphatic rings. The second-order valence-corrected chi connectivity index (χ2v) is 12.4. The molecule has 1 fully saturated rings. The lowest BCUT2D eigenvalue weighted by Gasteiger charge is -2.23. The number of carbonyl (C=O) groups is 4. The van der Waals surface area contributed by atoms with Crippen LogP contribution in [0.15, 0.2) is 90.0 Å². The number of carboxylic acid groups (broad SMARTS) is 2. The summed E-state index contributed by atoms with van der Waals surface area (Å²) < 4.78 is 126. The SMILES string of the molecule is O=C(O)C(F)(F)F.O=C(O)C(F)(F)F.O=C1[C@@H](Cc2ccc(O)cc2)N(Cc2ccnc3ccccc23)C(=O)N1c1ccc(S(=O)(=O)C(F)(F)F)cc1. The third-order valence-corrected chi connectivity index (χ3v) is 8.46. The Balaban J connectivity index is 0.000000458. The number of benzene rings is 3. The van der Waals surface area contributed by atoms with Crippen LogP contribution in [0.5, 0.6) is 5.75 Å². The first kappa shape index (κ1) is 41.5. The Morgan fingerprint density at radius 2 is 1.26 bits per heavy atom. The lowest BCUT2D eigenvalue weighted by molar-refractivity contribution is -0.193. The topological polar surface area (TPSA) is 182 Å². The summed E-state index contributed by atoms with van der Waals surface area (Å²) in [6.45, 7) is 0.0351. The zero-order valence-corrected chi connectivity index (χ0v) is 26.8. The number of carboxylic acids is 2. The van der Waals surface area contributed by atoms with Crippen molar-refractivity contribution in [3.63, 3.8) is 0 Å². The van der Waals surface area contributed by atoms with Crippen molar-refractivity contribution in [1.29, 1.82) is 0 Å². The number of aliphatic carboxylic acids is 2. The van der Waals surface area contributed by atoms with E-state index in [-0.39, 0.29) is 24.4 Å². The van der Waals surface area contributed by atoms with Crippen molar-refractivity contribution >= 4 is 50.3 Å². The number of amides is 3. The van der Waals surface area contributed by atoms with Gasteiger partial charge in [0.1, 0.15) is 11.8 Å². The number of phenolic OH excluding ortho intramolecular Hbond substituents is 1. The molecule has 22 heteroatoms. The van der Waals surface area contributed by atoms with Crippen molar-refractivity contribution in [1.82, 2.24) is 9.88 Å². The average Bonchev–Trinajstić information content (AvgIpc) is 3.29. The molecule has 4 aromatic rings. The molecule has 5 rings (SSSR count). The molecule has 3 aromatic carbocycles. The zero-order valence-electron chi connectivity index (χ0n) is 26.0. The number of imide groups is 1. The molecule has 0 unspecified atom stereocenters. The minimum Gasteiger partial charge on any atom is -0.508 e. The van der Waals surface area contributed by atoms with E-state index in [4.69, 9.17) is 19.8 Å². The number of rotatable bonds is 6. The second kappa shape index (κ2) is 15.8. The number of urea groups is 1. The fourth-order valence-electron chi connectivity index (χ4n) is 4.49. The van der Waals surface area contributed by atoms with E-state index in [1.54, 1.807) is 24.4 Å². The number of alkyl halides is 9. The highest BCUT2D eigenvalue weighted by Crippen LogP contribution is 2.34. The van der Waals surface area contributed by atoms with Gasteiger partial charge in [-0.25, -0.2) is 27.7 Å². The number of halogens is 9. The maximum Gasteiger partial charge on any atom is 0.501 e. The van der Waals surface area contributed by atoms with Crippen LogP contribution in [0.25, 0.3) is 10.9 Å². The minimum absolute atomic E-state index is 0.0308.